The minimum absolute atomic E-state index is 0.593. The highest BCUT2D eigenvalue weighted by Gasteiger charge is 2.33. The van der Waals surface area contributed by atoms with Crippen LogP contribution in [0.1, 0.15) is 5.56 Å². The Labute approximate surface area is 181 Å². The largest absolute Gasteiger partial charge is 0.497 e. The van der Waals surface area contributed by atoms with Gasteiger partial charge in [-0.3, -0.25) is 0 Å². The summed E-state index contributed by atoms with van der Waals surface area (Å²) >= 11 is 0. The molecule has 0 radical (unpaired) electrons. The average Bonchev–Trinajstić information content (AvgIpc) is 2.84. The zero-order valence-corrected chi connectivity index (χ0v) is 18.3. The fraction of sp³-hybridized carbons (Fsp3) is 0.0741. The summed E-state index contributed by atoms with van der Waals surface area (Å²) in [5.74, 6) is 0.718. The topological polar surface area (TPSA) is 39.2 Å². The van der Waals surface area contributed by atoms with Gasteiger partial charge in [-0.15, -0.1) is 0 Å². The van der Waals surface area contributed by atoms with Crippen molar-refractivity contribution in [3.05, 3.63) is 103 Å². The Kier molecular flexibility index (Phi) is 4.84. The van der Waals surface area contributed by atoms with Crippen LogP contribution in [-0.2, 0) is 4.57 Å². The van der Waals surface area contributed by atoms with Crippen LogP contribution in [0.25, 0.3) is 21.7 Å². The first-order valence-corrected chi connectivity index (χ1v) is 11.9. The number of benzene rings is 4. The van der Waals surface area contributed by atoms with E-state index in [1.54, 1.807) is 7.11 Å². The first-order chi connectivity index (χ1) is 15.1. The van der Waals surface area contributed by atoms with Gasteiger partial charge in [0.25, 0.3) is 0 Å². The molecule has 0 spiro atoms. The van der Waals surface area contributed by atoms with Gasteiger partial charge in [-0.05, 0) is 42.6 Å². The number of aromatic nitrogens is 1. The molecule has 0 aliphatic rings. The van der Waals surface area contributed by atoms with E-state index in [4.69, 9.17) is 9.72 Å². The van der Waals surface area contributed by atoms with Gasteiger partial charge in [-0.2, -0.15) is 0 Å². The summed E-state index contributed by atoms with van der Waals surface area (Å²) in [5, 5.41) is 4.47. The number of rotatable bonds is 4. The van der Waals surface area contributed by atoms with Gasteiger partial charge in [-0.25, -0.2) is 4.98 Å². The van der Waals surface area contributed by atoms with Gasteiger partial charge in [0.15, 0.2) is 7.14 Å². The van der Waals surface area contributed by atoms with Crippen molar-refractivity contribution in [2.45, 2.75) is 6.92 Å². The molecule has 152 valence electrons. The predicted molar refractivity (Wildman–Crippen MR) is 130 cm³/mol. The number of ether oxygens (including phenoxy) is 1. The van der Waals surface area contributed by atoms with E-state index in [1.807, 2.05) is 91.0 Å². The molecule has 1 heterocycles. The van der Waals surface area contributed by atoms with Crippen molar-refractivity contribution in [3.63, 3.8) is 0 Å². The van der Waals surface area contributed by atoms with Crippen LogP contribution >= 0.6 is 7.14 Å². The lowest BCUT2D eigenvalue weighted by atomic mass is 10.0. The predicted octanol–water partition coefficient (Wildman–Crippen LogP) is 5.34. The van der Waals surface area contributed by atoms with Crippen LogP contribution in [0.3, 0.4) is 0 Å². The highest BCUT2D eigenvalue weighted by molar-refractivity contribution is 7.85. The van der Waals surface area contributed by atoms with Crippen LogP contribution in [-0.4, -0.2) is 12.1 Å². The zero-order valence-electron chi connectivity index (χ0n) is 17.4. The Balaban J connectivity index is 1.96. The van der Waals surface area contributed by atoms with Gasteiger partial charge in [0.05, 0.1) is 12.6 Å². The van der Waals surface area contributed by atoms with Crippen molar-refractivity contribution in [1.82, 2.24) is 4.98 Å². The maximum atomic E-state index is 15.0. The molecule has 4 aromatic carbocycles. The van der Waals surface area contributed by atoms with E-state index >= 15 is 4.57 Å². The van der Waals surface area contributed by atoms with E-state index in [0.717, 1.165) is 43.6 Å². The molecule has 0 amide bonds. The first-order valence-electron chi connectivity index (χ1n) is 10.2. The van der Waals surface area contributed by atoms with Crippen molar-refractivity contribution in [3.8, 4) is 5.75 Å². The molecule has 31 heavy (non-hydrogen) atoms. The van der Waals surface area contributed by atoms with E-state index in [9.17, 15) is 0 Å². The average molecular weight is 423 g/mol. The smallest absolute Gasteiger partial charge is 0.189 e. The standard InChI is InChI=1S/C27H22NO2P/c1-19-13-16-26-24(17-19)23-15-14-20(30-2)18-25(23)27(28-26)31(29,21-9-5-3-6-10-21)22-11-7-4-8-12-22/h3-18H,1-2H3. The molecular weight excluding hydrogens is 401 g/mol. The molecular formula is C27H22NO2P. The molecule has 0 fully saturated rings. The zero-order chi connectivity index (χ0) is 21.4. The van der Waals surface area contributed by atoms with Crippen LogP contribution < -0.4 is 20.8 Å². The lowest BCUT2D eigenvalue weighted by Gasteiger charge is -2.22. The van der Waals surface area contributed by atoms with E-state index in [-0.39, 0.29) is 0 Å². The number of hydrogen-bond acceptors (Lipinski definition) is 3. The van der Waals surface area contributed by atoms with Crippen molar-refractivity contribution in [2.24, 2.45) is 0 Å². The number of aryl methyl sites for hydroxylation is 1. The lowest BCUT2D eigenvalue weighted by molar-refractivity contribution is 0.415. The van der Waals surface area contributed by atoms with Crippen LogP contribution in [0.5, 0.6) is 5.75 Å². The van der Waals surface area contributed by atoms with Gasteiger partial charge in [-0.1, -0.05) is 72.3 Å². The molecule has 0 saturated heterocycles. The third-order valence-electron chi connectivity index (χ3n) is 5.67. The summed E-state index contributed by atoms with van der Waals surface area (Å²) in [6.07, 6.45) is 0. The van der Waals surface area contributed by atoms with Crippen LogP contribution in [0, 0.1) is 6.92 Å². The maximum absolute atomic E-state index is 15.0. The van der Waals surface area contributed by atoms with Crippen molar-refractivity contribution < 1.29 is 9.30 Å². The van der Waals surface area contributed by atoms with Gasteiger partial charge < -0.3 is 9.30 Å². The Morgan fingerprint density at radius 2 is 1.35 bits per heavy atom. The first kappa shape index (κ1) is 19.5. The molecule has 3 nitrogen and oxygen atoms in total. The fourth-order valence-electron chi connectivity index (χ4n) is 4.12. The molecule has 5 aromatic rings. The molecule has 0 saturated carbocycles. The molecule has 0 atom stereocenters. The summed E-state index contributed by atoms with van der Waals surface area (Å²) < 4.78 is 20.6. The molecule has 5 rings (SSSR count). The molecule has 0 unspecified atom stereocenters. The van der Waals surface area contributed by atoms with Gasteiger partial charge >= 0.3 is 0 Å². The van der Waals surface area contributed by atoms with Crippen LogP contribution in [0.4, 0.5) is 0 Å². The Bertz CT molecular complexity index is 1400. The van der Waals surface area contributed by atoms with Crippen LogP contribution in [0.15, 0.2) is 97.1 Å². The van der Waals surface area contributed by atoms with Gasteiger partial charge in [0, 0.05) is 21.4 Å². The number of fused-ring (bicyclic) bond motifs is 3. The summed E-state index contributed by atoms with van der Waals surface area (Å²) in [6.45, 7) is 2.07. The monoisotopic (exact) mass is 423 g/mol. The normalized spacial score (nSPS) is 11.7. The third-order valence-corrected chi connectivity index (χ3v) is 8.66. The molecule has 0 aliphatic carbocycles. The third kappa shape index (κ3) is 3.22. The van der Waals surface area contributed by atoms with Crippen molar-refractivity contribution in [2.75, 3.05) is 7.11 Å². The SMILES string of the molecule is COc1ccc2c(c1)c(P(=O)(c1ccccc1)c1ccccc1)nc1ccc(C)cc12. The Hall–Kier alpha value is -3.42. The second-order valence-corrected chi connectivity index (χ2v) is 10.3. The van der Waals surface area contributed by atoms with Gasteiger partial charge in [0.2, 0.25) is 0 Å². The van der Waals surface area contributed by atoms with Crippen molar-refractivity contribution >= 4 is 44.9 Å². The van der Waals surface area contributed by atoms with Crippen LogP contribution in [0.2, 0.25) is 0 Å². The van der Waals surface area contributed by atoms with E-state index in [0.29, 0.717) is 5.44 Å². The number of methoxy groups -OCH3 is 1. The summed E-state index contributed by atoms with van der Waals surface area (Å²) in [6, 6.07) is 31.5. The van der Waals surface area contributed by atoms with E-state index < -0.39 is 7.14 Å². The Morgan fingerprint density at radius 3 is 1.97 bits per heavy atom. The lowest BCUT2D eigenvalue weighted by Crippen LogP contribution is -2.27. The van der Waals surface area contributed by atoms with E-state index in [1.165, 1.54) is 0 Å². The van der Waals surface area contributed by atoms with Gasteiger partial charge in [0.1, 0.15) is 11.2 Å². The summed E-state index contributed by atoms with van der Waals surface area (Å²) in [4.78, 5) is 5.03. The minimum atomic E-state index is -3.24. The highest BCUT2D eigenvalue weighted by atomic mass is 31.2. The molecule has 0 bridgehead atoms. The Morgan fingerprint density at radius 1 is 0.710 bits per heavy atom. The molecule has 0 N–H and O–H groups in total. The van der Waals surface area contributed by atoms with E-state index in [2.05, 4.69) is 13.0 Å². The quantitative estimate of drug-likeness (QED) is 0.289. The molecule has 0 aliphatic heterocycles. The minimum Gasteiger partial charge on any atom is -0.497 e. The number of pyridine rings is 1. The second-order valence-electron chi connectivity index (χ2n) is 7.65. The highest BCUT2D eigenvalue weighted by Crippen LogP contribution is 2.45. The fourth-order valence-corrected chi connectivity index (χ4v) is 6.86. The summed E-state index contributed by atoms with van der Waals surface area (Å²) in [7, 11) is -1.59. The second kappa shape index (κ2) is 7.68. The molecule has 4 heteroatoms. The van der Waals surface area contributed by atoms with Crippen molar-refractivity contribution in [1.29, 1.82) is 0 Å². The number of hydrogen-bond donors (Lipinski definition) is 0. The molecule has 1 aromatic heterocycles. The maximum Gasteiger partial charge on any atom is 0.189 e. The number of nitrogens with zero attached hydrogens (tertiary/aromatic N) is 1. The summed E-state index contributed by atoms with van der Waals surface area (Å²) in [5.41, 5.74) is 2.59.